The molecule has 2 aliphatic rings. The van der Waals surface area contributed by atoms with E-state index in [0.29, 0.717) is 12.8 Å². The molecular formula is C20H21F17O4S2. The summed E-state index contributed by atoms with van der Waals surface area (Å²) in [6.45, 7) is 0. The van der Waals surface area contributed by atoms with Crippen LogP contribution in [-0.2, 0) is 18.5 Å². The van der Waals surface area contributed by atoms with Crippen molar-refractivity contribution in [2.24, 2.45) is 5.92 Å². The third-order valence-electron chi connectivity index (χ3n) is 7.29. The lowest BCUT2D eigenvalue weighted by Crippen LogP contribution is -2.75. The van der Waals surface area contributed by atoms with Crippen LogP contribution in [0.5, 0.6) is 0 Å². The maximum absolute atomic E-state index is 14.7. The van der Waals surface area contributed by atoms with Crippen molar-refractivity contribution >= 4 is 26.7 Å². The van der Waals surface area contributed by atoms with Crippen LogP contribution in [0, 0.1) is 5.92 Å². The molecule has 0 aromatic heterocycles. The van der Waals surface area contributed by atoms with Gasteiger partial charge in [0.2, 0.25) is 0 Å². The molecule has 2 rings (SSSR count). The Balaban J connectivity index is 2.64. The van der Waals surface area contributed by atoms with E-state index >= 15 is 0 Å². The smallest absolute Gasteiger partial charge is 0.302 e. The van der Waals surface area contributed by atoms with Crippen molar-refractivity contribution in [1.82, 2.24) is 0 Å². The Kier molecular flexibility index (Phi) is 9.89. The van der Waals surface area contributed by atoms with Crippen LogP contribution in [0.1, 0.15) is 44.9 Å². The number of rotatable bonds is 12. The van der Waals surface area contributed by atoms with Crippen LogP contribution in [0.25, 0.3) is 0 Å². The Bertz CT molecular complexity index is 1130. The van der Waals surface area contributed by atoms with Gasteiger partial charge in [-0.2, -0.15) is 83.1 Å². The highest BCUT2D eigenvalue weighted by atomic mass is 32.3. The highest BCUT2D eigenvalue weighted by Gasteiger charge is 2.96. The molecule has 1 saturated heterocycles. The van der Waals surface area contributed by atoms with Crippen molar-refractivity contribution in [2.75, 3.05) is 11.5 Å². The van der Waals surface area contributed by atoms with Gasteiger partial charge < -0.3 is 4.79 Å². The first-order valence-electron chi connectivity index (χ1n) is 11.8. The van der Waals surface area contributed by atoms with Crippen LogP contribution in [0.2, 0.25) is 0 Å². The first-order valence-corrected chi connectivity index (χ1v) is 15.2. The third-order valence-corrected chi connectivity index (χ3v) is 13.4. The van der Waals surface area contributed by atoms with Gasteiger partial charge in [-0.1, -0.05) is 19.3 Å². The minimum Gasteiger partial charge on any atom is -0.302 e. The van der Waals surface area contributed by atoms with Crippen molar-refractivity contribution in [3.8, 4) is 0 Å². The molecule has 2 atom stereocenters. The average Bonchev–Trinajstić information content (AvgIpc) is 3.37. The van der Waals surface area contributed by atoms with Crippen molar-refractivity contribution in [3.05, 3.63) is 0 Å². The largest absolute Gasteiger partial charge is 0.460 e. The molecule has 0 radical (unpaired) electrons. The molecule has 0 aromatic rings. The summed E-state index contributed by atoms with van der Waals surface area (Å²) in [6, 6.07) is 0. The van der Waals surface area contributed by atoms with E-state index in [9.17, 15) is 87.8 Å². The molecule has 0 amide bonds. The van der Waals surface area contributed by atoms with Crippen LogP contribution in [0.4, 0.5) is 74.6 Å². The van der Waals surface area contributed by atoms with Gasteiger partial charge in [0.05, 0.1) is 5.75 Å². The number of halogens is 17. The molecule has 0 spiro atoms. The number of hydrogen-bond acceptors (Lipinski definition) is 4. The lowest BCUT2D eigenvalue weighted by atomic mass is 9.91. The fourth-order valence-corrected chi connectivity index (χ4v) is 11.3. The number of hydrogen-bond donors (Lipinski definition) is 0. The van der Waals surface area contributed by atoms with Crippen LogP contribution >= 0.6 is 10.3 Å². The molecule has 0 aromatic carbocycles. The molecule has 2 unspecified atom stereocenters. The zero-order chi connectivity index (χ0) is 33.9. The van der Waals surface area contributed by atoms with Gasteiger partial charge in [-0.25, -0.2) is 3.63 Å². The van der Waals surface area contributed by atoms with Gasteiger partial charge in [-0.3, -0.25) is 0 Å². The molecule has 23 heteroatoms. The van der Waals surface area contributed by atoms with Gasteiger partial charge in [-0.05, 0) is 31.6 Å². The predicted molar refractivity (Wildman–Crippen MR) is 114 cm³/mol. The van der Waals surface area contributed by atoms with Gasteiger partial charge in [0.1, 0.15) is 6.29 Å². The molecular weight excluding hydrogens is 691 g/mol. The summed E-state index contributed by atoms with van der Waals surface area (Å²) < 4.78 is 260. The number of alkyl halides is 17. The molecule has 1 aliphatic heterocycles. The minimum absolute atomic E-state index is 0.0612. The Morgan fingerprint density at radius 2 is 1.00 bits per heavy atom. The average molecular weight is 712 g/mol. The summed E-state index contributed by atoms with van der Waals surface area (Å²) in [7, 11) is -11.6. The molecule has 1 saturated carbocycles. The lowest BCUT2D eigenvalue weighted by molar-refractivity contribution is -0.458. The highest BCUT2D eigenvalue weighted by molar-refractivity contribution is 8.33. The van der Waals surface area contributed by atoms with Crippen LogP contribution in [-0.4, -0.2) is 78.4 Å². The zero-order valence-electron chi connectivity index (χ0n) is 21.0. The molecule has 256 valence electrons. The Labute approximate surface area is 233 Å². The normalized spacial score (nSPS) is 26.3. The summed E-state index contributed by atoms with van der Waals surface area (Å²) in [5.41, 5.74) is 0. The van der Waals surface area contributed by atoms with E-state index in [4.69, 9.17) is 0 Å². The number of aldehydes is 1. The topological polar surface area (TPSA) is 60.4 Å². The van der Waals surface area contributed by atoms with Gasteiger partial charge in [0, 0.05) is 11.0 Å². The monoisotopic (exact) mass is 712 g/mol. The van der Waals surface area contributed by atoms with Crippen molar-refractivity contribution in [1.29, 1.82) is 0 Å². The summed E-state index contributed by atoms with van der Waals surface area (Å²) >= 11 is 0. The van der Waals surface area contributed by atoms with Gasteiger partial charge in [-0.15, -0.1) is 10.3 Å². The maximum atomic E-state index is 14.7. The van der Waals surface area contributed by atoms with E-state index in [2.05, 4.69) is 3.63 Å². The zero-order valence-corrected chi connectivity index (χ0v) is 22.6. The summed E-state index contributed by atoms with van der Waals surface area (Å²) in [4.78, 5) is 11.3. The molecule has 4 nitrogen and oxygen atoms in total. The Morgan fingerprint density at radius 1 is 0.605 bits per heavy atom. The van der Waals surface area contributed by atoms with Crippen molar-refractivity contribution in [3.63, 3.8) is 0 Å². The van der Waals surface area contributed by atoms with E-state index in [1.807, 2.05) is 0 Å². The van der Waals surface area contributed by atoms with Crippen LogP contribution in [0.15, 0.2) is 0 Å². The quantitative estimate of drug-likeness (QED) is 0.152. The van der Waals surface area contributed by atoms with Crippen LogP contribution in [0.3, 0.4) is 0 Å². The van der Waals surface area contributed by atoms with E-state index in [1.165, 1.54) is 0 Å². The molecule has 1 heterocycles. The molecule has 0 N–H and O–H groups in total. The fourth-order valence-electron chi connectivity index (χ4n) is 4.94. The second kappa shape index (κ2) is 11.2. The second-order valence-corrected chi connectivity index (χ2v) is 15.0. The Morgan fingerprint density at radius 3 is 1.42 bits per heavy atom. The van der Waals surface area contributed by atoms with Crippen molar-refractivity contribution < 1.29 is 91.5 Å². The molecule has 43 heavy (non-hydrogen) atoms. The van der Waals surface area contributed by atoms with Gasteiger partial charge in [0.25, 0.3) is 0 Å². The molecule has 2 fully saturated rings. The molecule has 1 aliphatic carbocycles. The SMILES string of the molecule is O=CCS1(OS(=O)(=O)C(F)(F)C(F)(F)C(F)(F)C(F)(F)C(F)(F)C(F)(F)C(F)(F)C(F)(F)F)CCCCC1C1CCCC1. The van der Waals surface area contributed by atoms with Crippen LogP contribution < -0.4 is 0 Å². The van der Waals surface area contributed by atoms with E-state index < -0.39 is 90.1 Å². The second-order valence-electron chi connectivity index (χ2n) is 9.97. The van der Waals surface area contributed by atoms with E-state index in [-0.39, 0.29) is 38.4 Å². The van der Waals surface area contributed by atoms with E-state index in [1.54, 1.807) is 0 Å². The fraction of sp³-hybridized carbons (Fsp3) is 0.950. The Hall–Kier alpha value is -1.26. The number of carbonyl (C=O) groups is 1. The van der Waals surface area contributed by atoms with Gasteiger partial charge >= 0.3 is 57.1 Å². The number of carbonyl (C=O) groups excluding carboxylic acids is 1. The first kappa shape index (κ1) is 37.9. The van der Waals surface area contributed by atoms with Crippen molar-refractivity contribution in [2.45, 2.75) is 97.2 Å². The van der Waals surface area contributed by atoms with Gasteiger partial charge in [0.15, 0.2) is 0 Å². The minimum atomic E-state index is -8.91. The first-order chi connectivity index (χ1) is 19.0. The van der Waals surface area contributed by atoms with E-state index in [0.717, 1.165) is 0 Å². The standard InChI is InChI=1S/C20H21F17O4S2/c21-13(22,15(25,26)17(29,30)19(33,34)35)14(23,24)16(27,28)18(31,32)20(36,37)43(39,40)41-42(10-8-38)9-4-3-7-12(42)11-5-1-2-6-11/h8,11-12H,1-7,9-10H2. The maximum Gasteiger partial charge on any atom is 0.460 e. The summed E-state index contributed by atoms with van der Waals surface area (Å²) in [6.07, 6.45) is -6.36. The summed E-state index contributed by atoms with van der Waals surface area (Å²) in [5, 5.41) is -8.87. The summed E-state index contributed by atoms with van der Waals surface area (Å²) in [5.74, 6) is -54.3. The molecule has 0 bridgehead atoms. The lowest BCUT2D eigenvalue weighted by Gasteiger charge is -2.50. The third kappa shape index (κ3) is 5.47. The highest BCUT2D eigenvalue weighted by Crippen LogP contribution is 2.67. The predicted octanol–water partition coefficient (Wildman–Crippen LogP) is 7.96.